The van der Waals surface area contributed by atoms with Crippen LogP contribution in [0.2, 0.25) is 0 Å². The number of fused-ring (bicyclic) bond motifs is 1. The average Bonchev–Trinajstić information content (AvgIpc) is 3.56. The van der Waals surface area contributed by atoms with Crippen molar-refractivity contribution in [2.24, 2.45) is 0 Å². The Morgan fingerprint density at radius 1 is 1.07 bits per heavy atom. The topological polar surface area (TPSA) is 120 Å². The number of aryl methyl sites for hydroxylation is 1. The highest BCUT2D eigenvalue weighted by molar-refractivity contribution is 6.06. The largest absolute Gasteiger partial charge is 0.478 e. The van der Waals surface area contributed by atoms with E-state index in [1.807, 2.05) is 12.1 Å². The van der Waals surface area contributed by atoms with Crippen LogP contribution < -0.4 is 4.74 Å². The Labute approximate surface area is 249 Å². The van der Waals surface area contributed by atoms with Gasteiger partial charge < -0.3 is 9.64 Å². The van der Waals surface area contributed by atoms with Crippen molar-refractivity contribution in [3.8, 4) is 17.0 Å². The monoisotopic (exact) mass is 586 g/mol. The van der Waals surface area contributed by atoms with Crippen LogP contribution in [0.15, 0.2) is 48.8 Å². The van der Waals surface area contributed by atoms with Crippen LogP contribution in [0.1, 0.15) is 61.5 Å². The van der Waals surface area contributed by atoms with Gasteiger partial charge in [-0.15, -0.1) is 0 Å². The summed E-state index contributed by atoms with van der Waals surface area (Å²) >= 11 is 0. The normalized spacial score (nSPS) is 16.5. The second kappa shape index (κ2) is 13.2. The molecule has 5 rings (SSSR count). The van der Waals surface area contributed by atoms with Crippen LogP contribution in [0.5, 0.6) is 5.88 Å². The minimum absolute atomic E-state index is 0.0436. The maximum absolute atomic E-state index is 14.6. The number of pyridine rings is 1. The predicted octanol–water partition coefficient (Wildman–Crippen LogP) is 4.72. The molecule has 0 bridgehead atoms. The fraction of sp³-hybridized carbons (Fsp3) is 0.406. The van der Waals surface area contributed by atoms with Gasteiger partial charge in [-0.2, -0.15) is 5.10 Å². The van der Waals surface area contributed by atoms with Crippen LogP contribution in [-0.2, 0) is 22.6 Å². The van der Waals surface area contributed by atoms with Crippen molar-refractivity contribution in [3.63, 3.8) is 0 Å². The molecule has 0 unspecified atom stereocenters. The lowest BCUT2D eigenvalue weighted by Crippen LogP contribution is -2.43. The number of unbranched alkanes of at least 4 members (excludes halogenated alkanes) is 2. The summed E-state index contributed by atoms with van der Waals surface area (Å²) < 4.78 is 21.8. The van der Waals surface area contributed by atoms with E-state index in [0.29, 0.717) is 34.9 Å². The minimum Gasteiger partial charge on any atom is -0.478 e. The number of benzene rings is 1. The van der Waals surface area contributed by atoms with Crippen molar-refractivity contribution < 1.29 is 23.5 Å². The molecule has 1 amide bonds. The molecular formula is C32H35FN6O4. The summed E-state index contributed by atoms with van der Waals surface area (Å²) in [6.07, 6.45) is 5.03. The number of amides is 1. The maximum atomic E-state index is 14.6. The number of nitrogens with zero attached hydrogens (tertiary/aromatic N) is 6. The number of hydrogen-bond donors (Lipinski definition) is 0. The number of rotatable bonds is 12. The number of Topliss-reactive ketones (excluding diaryl/α,β-unsaturated/α-hetero) is 2. The summed E-state index contributed by atoms with van der Waals surface area (Å²) in [4.78, 5) is 53.5. The van der Waals surface area contributed by atoms with E-state index >= 15 is 0 Å². The Kier molecular flexibility index (Phi) is 9.18. The van der Waals surface area contributed by atoms with Crippen molar-refractivity contribution in [2.45, 2.75) is 71.6 Å². The molecule has 11 heteroatoms. The standard InChI is InChI=1S/C32H35FN6O4/c1-4-5-6-12-43-30-9-7-8-25(36-30)15-29(41)28-14-24(33)18-38(28)31(42)19-39-27-11-10-22(23-16-34-21(3)35-17-23)13-26(27)32(37-39)20(2)40/h7-11,13,16-17,24,28H,4-6,12,14-15,18-19H2,1-3H3/t24-,28+/m1/s1. The molecule has 1 aliphatic heterocycles. The van der Waals surface area contributed by atoms with Gasteiger partial charge in [0.1, 0.15) is 24.2 Å². The lowest BCUT2D eigenvalue weighted by atomic mass is 10.0. The zero-order chi connectivity index (χ0) is 30.5. The van der Waals surface area contributed by atoms with Crippen molar-refractivity contribution in [2.75, 3.05) is 13.2 Å². The zero-order valence-corrected chi connectivity index (χ0v) is 24.6. The Bertz CT molecular complexity index is 1640. The first kappa shape index (κ1) is 29.9. The van der Waals surface area contributed by atoms with Gasteiger partial charge in [0.2, 0.25) is 11.8 Å². The molecule has 0 radical (unpaired) electrons. The Balaban J connectivity index is 1.32. The number of hydrogen-bond acceptors (Lipinski definition) is 8. The number of carbonyl (C=O) groups is 3. The summed E-state index contributed by atoms with van der Waals surface area (Å²) in [5.41, 5.74) is 2.88. The van der Waals surface area contributed by atoms with Gasteiger partial charge in [0, 0.05) is 42.8 Å². The summed E-state index contributed by atoms with van der Waals surface area (Å²) in [5, 5.41) is 5.02. The predicted molar refractivity (Wildman–Crippen MR) is 158 cm³/mol. The van der Waals surface area contributed by atoms with Gasteiger partial charge in [0.15, 0.2) is 11.6 Å². The first-order valence-electron chi connectivity index (χ1n) is 14.6. The van der Waals surface area contributed by atoms with Gasteiger partial charge in [-0.05, 0) is 37.1 Å². The lowest BCUT2D eigenvalue weighted by Gasteiger charge is -2.23. The maximum Gasteiger partial charge on any atom is 0.245 e. The quantitative estimate of drug-likeness (QED) is 0.173. The number of ether oxygens (including phenoxy) is 1. The molecule has 2 atom stereocenters. The number of halogens is 1. The van der Waals surface area contributed by atoms with Crippen LogP contribution in [0.4, 0.5) is 4.39 Å². The second-order valence-corrected chi connectivity index (χ2v) is 10.9. The summed E-state index contributed by atoms with van der Waals surface area (Å²) in [7, 11) is 0. The van der Waals surface area contributed by atoms with E-state index in [4.69, 9.17) is 4.74 Å². The second-order valence-electron chi connectivity index (χ2n) is 10.9. The molecule has 224 valence electrons. The summed E-state index contributed by atoms with van der Waals surface area (Å²) in [6, 6.07) is 9.77. The zero-order valence-electron chi connectivity index (χ0n) is 24.6. The van der Waals surface area contributed by atoms with E-state index in [9.17, 15) is 18.8 Å². The highest BCUT2D eigenvalue weighted by atomic mass is 19.1. The first-order valence-corrected chi connectivity index (χ1v) is 14.6. The summed E-state index contributed by atoms with van der Waals surface area (Å²) in [6.45, 7) is 5.44. The first-order chi connectivity index (χ1) is 20.7. The third kappa shape index (κ3) is 6.93. The molecular weight excluding hydrogens is 551 g/mol. The van der Waals surface area contributed by atoms with E-state index in [0.717, 1.165) is 30.4 Å². The SMILES string of the molecule is CCCCCOc1cccc(CC(=O)[C@@H]2C[C@@H](F)CN2C(=O)Cn2nc(C(C)=O)c3cc(-c4cnc(C)nc4)ccc32)n1. The Hall–Kier alpha value is -4.54. The summed E-state index contributed by atoms with van der Waals surface area (Å²) in [5.74, 6) is 0.0925. The molecule has 1 fully saturated rings. The van der Waals surface area contributed by atoms with Gasteiger partial charge in [0.05, 0.1) is 36.8 Å². The molecule has 43 heavy (non-hydrogen) atoms. The van der Waals surface area contributed by atoms with E-state index in [1.165, 1.54) is 16.5 Å². The smallest absolute Gasteiger partial charge is 0.245 e. The van der Waals surface area contributed by atoms with Crippen molar-refractivity contribution >= 4 is 28.4 Å². The number of alkyl halides is 1. The minimum atomic E-state index is -1.32. The third-order valence-corrected chi connectivity index (χ3v) is 7.56. The van der Waals surface area contributed by atoms with Crippen molar-refractivity contribution in [3.05, 3.63) is 66.0 Å². The van der Waals surface area contributed by atoms with Gasteiger partial charge in [0.25, 0.3) is 0 Å². The number of carbonyl (C=O) groups excluding carboxylic acids is 3. The Morgan fingerprint density at radius 3 is 2.60 bits per heavy atom. The van der Waals surface area contributed by atoms with E-state index in [-0.39, 0.29) is 43.2 Å². The van der Waals surface area contributed by atoms with E-state index in [1.54, 1.807) is 43.6 Å². The fourth-order valence-electron chi connectivity index (χ4n) is 5.33. The fourth-order valence-corrected chi connectivity index (χ4v) is 5.33. The van der Waals surface area contributed by atoms with Crippen LogP contribution in [0.25, 0.3) is 22.0 Å². The molecule has 1 saturated heterocycles. The lowest BCUT2D eigenvalue weighted by molar-refractivity contribution is -0.138. The van der Waals surface area contributed by atoms with Gasteiger partial charge >= 0.3 is 0 Å². The molecule has 10 nitrogen and oxygen atoms in total. The molecule has 0 spiro atoms. The molecule has 1 aromatic carbocycles. The van der Waals surface area contributed by atoms with Crippen LogP contribution in [0.3, 0.4) is 0 Å². The molecule has 4 heterocycles. The van der Waals surface area contributed by atoms with E-state index < -0.39 is 18.1 Å². The van der Waals surface area contributed by atoms with Crippen LogP contribution in [-0.4, -0.2) is 72.5 Å². The Morgan fingerprint density at radius 2 is 1.86 bits per heavy atom. The number of aromatic nitrogens is 5. The highest BCUT2D eigenvalue weighted by Crippen LogP contribution is 2.28. The number of likely N-dealkylation sites (tertiary alicyclic amines) is 1. The number of ketones is 2. The van der Waals surface area contributed by atoms with E-state index in [2.05, 4.69) is 27.0 Å². The molecule has 4 aromatic rings. The average molecular weight is 587 g/mol. The van der Waals surface area contributed by atoms with Crippen LogP contribution in [0, 0.1) is 6.92 Å². The molecule has 0 saturated carbocycles. The van der Waals surface area contributed by atoms with Crippen LogP contribution >= 0.6 is 0 Å². The van der Waals surface area contributed by atoms with Gasteiger partial charge in [-0.1, -0.05) is 31.9 Å². The molecule has 1 aliphatic rings. The third-order valence-electron chi connectivity index (χ3n) is 7.56. The van der Waals surface area contributed by atoms with Crippen molar-refractivity contribution in [1.82, 2.24) is 29.6 Å². The van der Waals surface area contributed by atoms with Gasteiger partial charge in [-0.3, -0.25) is 19.1 Å². The highest BCUT2D eigenvalue weighted by Gasteiger charge is 2.39. The van der Waals surface area contributed by atoms with Gasteiger partial charge in [-0.25, -0.2) is 19.3 Å². The molecule has 0 aliphatic carbocycles. The molecule has 0 N–H and O–H groups in total. The van der Waals surface area contributed by atoms with Crippen molar-refractivity contribution in [1.29, 1.82) is 0 Å². The molecule has 3 aromatic heterocycles.